The first-order valence-electron chi connectivity index (χ1n) is 3.91. The summed E-state index contributed by atoms with van der Waals surface area (Å²) >= 11 is 0. The van der Waals surface area contributed by atoms with Crippen LogP contribution in [-0.2, 0) is 4.79 Å². The molecular formula is C8H18N2O2. The van der Waals surface area contributed by atoms with Crippen LogP contribution < -0.4 is 11.1 Å². The lowest BCUT2D eigenvalue weighted by atomic mass is 10.0. The number of aliphatic hydroxyl groups is 1. The van der Waals surface area contributed by atoms with Gasteiger partial charge in [-0.25, -0.2) is 0 Å². The number of aliphatic hydroxyl groups excluding tert-OH is 1. The number of hydrogen-bond acceptors (Lipinski definition) is 3. The minimum atomic E-state index is -0.896. The normalized spacial score (nSPS) is 12.8. The van der Waals surface area contributed by atoms with Crippen molar-refractivity contribution in [3.8, 4) is 0 Å². The molecule has 12 heavy (non-hydrogen) atoms. The average Bonchev–Trinajstić information content (AvgIpc) is 1.85. The van der Waals surface area contributed by atoms with Crippen molar-refractivity contribution < 1.29 is 9.90 Å². The second kappa shape index (κ2) is 3.41. The molecule has 0 fully saturated rings. The summed E-state index contributed by atoms with van der Waals surface area (Å²) in [4.78, 5) is 11.3. The van der Waals surface area contributed by atoms with E-state index in [0.29, 0.717) is 0 Å². The third kappa shape index (κ3) is 3.69. The minimum absolute atomic E-state index is 0.102. The molecule has 0 saturated carbocycles. The Kier molecular flexibility index (Phi) is 3.24. The molecule has 0 aliphatic rings. The Morgan fingerprint density at radius 2 is 1.83 bits per heavy atom. The van der Waals surface area contributed by atoms with E-state index in [0.717, 1.165) is 0 Å². The molecular weight excluding hydrogens is 156 g/mol. The first-order chi connectivity index (χ1) is 5.19. The molecule has 0 aliphatic carbocycles. The number of hydrogen-bond donors (Lipinski definition) is 3. The van der Waals surface area contributed by atoms with E-state index in [1.807, 2.05) is 0 Å². The maximum atomic E-state index is 11.3. The van der Waals surface area contributed by atoms with E-state index in [9.17, 15) is 4.79 Å². The summed E-state index contributed by atoms with van der Waals surface area (Å²) in [5, 5.41) is 11.5. The van der Waals surface area contributed by atoms with Gasteiger partial charge in [-0.05, 0) is 27.7 Å². The van der Waals surface area contributed by atoms with Gasteiger partial charge in [0, 0.05) is 0 Å². The standard InChI is InChI=1S/C8H18N2O2/c1-7(2,5-11)10-6(12)8(3,4)9/h11H,5,9H2,1-4H3,(H,10,12). The zero-order chi connectivity index (χ0) is 9.99. The van der Waals surface area contributed by atoms with E-state index < -0.39 is 11.1 Å². The van der Waals surface area contributed by atoms with Crippen LogP contribution >= 0.6 is 0 Å². The number of rotatable bonds is 3. The van der Waals surface area contributed by atoms with Gasteiger partial charge in [0.25, 0.3) is 0 Å². The summed E-state index contributed by atoms with van der Waals surface area (Å²) in [6.07, 6.45) is 0. The molecule has 0 bridgehead atoms. The molecule has 4 nitrogen and oxygen atoms in total. The van der Waals surface area contributed by atoms with Crippen LogP contribution in [0.5, 0.6) is 0 Å². The molecule has 0 spiro atoms. The van der Waals surface area contributed by atoms with Crippen molar-refractivity contribution in [1.29, 1.82) is 0 Å². The van der Waals surface area contributed by atoms with Crippen LogP contribution in [0.15, 0.2) is 0 Å². The lowest BCUT2D eigenvalue weighted by molar-refractivity contribution is -0.127. The third-order valence-corrected chi connectivity index (χ3v) is 1.43. The van der Waals surface area contributed by atoms with E-state index in [1.165, 1.54) is 0 Å². The molecule has 4 N–H and O–H groups in total. The van der Waals surface area contributed by atoms with Gasteiger partial charge in [-0.2, -0.15) is 0 Å². The monoisotopic (exact) mass is 174 g/mol. The second-order valence-electron chi connectivity index (χ2n) is 4.22. The van der Waals surface area contributed by atoms with E-state index >= 15 is 0 Å². The summed E-state index contributed by atoms with van der Waals surface area (Å²) in [5.41, 5.74) is 4.05. The van der Waals surface area contributed by atoms with Crippen molar-refractivity contribution in [2.45, 2.75) is 38.8 Å². The van der Waals surface area contributed by atoms with E-state index in [4.69, 9.17) is 10.8 Å². The summed E-state index contributed by atoms with van der Waals surface area (Å²) in [5.74, 6) is -0.262. The van der Waals surface area contributed by atoms with E-state index in [-0.39, 0.29) is 12.5 Å². The molecule has 0 unspecified atom stereocenters. The van der Waals surface area contributed by atoms with Gasteiger partial charge in [-0.1, -0.05) is 0 Å². The van der Waals surface area contributed by atoms with Gasteiger partial charge in [-0.3, -0.25) is 4.79 Å². The topological polar surface area (TPSA) is 75.3 Å². The molecule has 0 aliphatic heterocycles. The van der Waals surface area contributed by atoms with Crippen LogP contribution in [0, 0.1) is 0 Å². The maximum Gasteiger partial charge on any atom is 0.239 e. The van der Waals surface area contributed by atoms with Gasteiger partial charge in [0.2, 0.25) is 5.91 Å². The molecule has 0 saturated heterocycles. The largest absolute Gasteiger partial charge is 0.394 e. The fourth-order valence-electron chi connectivity index (χ4n) is 0.508. The zero-order valence-electron chi connectivity index (χ0n) is 8.14. The number of nitrogens with one attached hydrogen (secondary N) is 1. The molecule has 0 atom stereocenters. The summed E-state index contributed by atoms with van der Waals surface area (Å²) < 4.78 is 0. The Hall–Kier alpha value is -0.610. The summed E-state index contributed by atoms with van der Waals surface area (Å²) in [6.45, 7) is 6.60. The predicted octanol–water partition coefficient (Wildman–Crippen LogP) is -0.389. The van der Waals surface area contributed by atoms with Gasteiger partial charge in [0.1, 0.15) is 0 Å². The highest BCUT2D eigenvalue weighted by Crippen LogP contribution is 2.04. The molecule has 1 amide bonds. The van der Waals surface area contributed by atoms with Gasteiger partial charge in [0.15, 0.2) is 0 Å². The van der Waals surface area contributed by atoms with Gasteiger partial charge < -0.3 is 16.2 Å². The number of carbonyl (C=O) groups is 1. The Morgan fingerprint density at radius 3 is 2.08 bits per heavy atom. The van der Waals surface area contributed by atoms with Crippen LogP contribution in [0.3, 0.4) is 0 Å². The lowest BCUT2D eigenvalue weighted by Gasteiger charge is -2.28. The molecule has 0 heterocycles. The predicted molar refractivity (Wildman–Crippen MR) is 47.6 cm³/mol. The summed E-state index contributed by atoms with van der Waals surface area (Å²) in [7, 11) is 0. The van der Waals surface area contributed by atoms with Gasteiger partial charge in [0.05, 0.1) is 17.7 Å². The minimum Gasteiger partial charge on any atom is -0.394 e. The van der Waals surface area contributed by atoms with E-state index in [1.54, 1.807) is 27.7 Å². The Labute approximate surface area is 73.1 Å². The smallest absolute Gasteiger partial charge is 0.239 e. The Bertz CT molecular complexity index is 170. The average molecular weight is 174 g/mol. The van der Waals surface area contributed by atoms with Gasteiger partial charge in [-0.15, -0.1) is 0 Å². The first-order valence-corrected chi connectivity index (χ1v) is 3.91. The first kappa shape index (κ1) is 11.4. The highest BCUT2D eigenvalue weighted by molar-refractivity contribution is 5.85. The lowest BCUT2D eigenvalue weighted by Crippen LogP contribution is -2.56. The Balaban J connectivity index is 4.20. The number of amides is 1. The molecule has 4 heteroatoms. The Morgan fingerprint density at radius 1 is 1.42 bits per heavy atom. The van der Waals surface area contributed by atoms with Crippen LogP contribution in [-0.4, -0.2) is 28.7 Å². The van der Waals surface area contributed by atoms with Crippen LogP contribution in [0.25, 0.3) is 0 Å². The van der Waals surface area contributed by atoms with Crippen molar-refractivity contribution in [2.75, 3.05) is 6.61 Å². The third-order valence-electron chi connectivity index (χ3n) is 1.43. The van der Waals surface area contributed by atoms with Crippen molar-refractivity contribution in [3.63, 3.8) is 0 Å². The van der Waals surface area contributed by atoms with Crippen molar-refractivity contribution in [2.24, 2.45) is 5.73 Å². The second-order valence-corrected chi connectivity index (χ2v) is 4.22. The highest BCUT2D eigenvalue weighted by Gasteiger charge is 2.27. The molecule has 0 radical (unpaired) electrons. The maximum absolute atomic E-state index is 11.3. The van der Waals surface area contributed by atoms with Crippen molar-refractivity contribution in [3.05, 3.63) is 0 Å². The molecule has 0 rings (SSSR count). The van der Waals surface area contributed by atoms with Crippen molar-refractivity contribution in [1.82, 2.24) is 5.32 Å². The van der Waals surface area contributed by atoms with Gasteiger partial charge >= 0.3 is 0 Å². The van der Waals surface area contributed by atoms with Crippen LogP contribution in [0.1, 0.15) is 27.7 Å². The van der Waals surface area contributed by atoms with Crippen LogP contribution in [0.4, 0.5) is 0 Å². The highest BCUT2D eigenvalue weighted by atomic mass is 16.3. The molecule has 72 valence electrons. The quantitative estimate of drug-likeness (QED) is 0.545. The fraction of sp³-hybridized carbons (Fsp3) is 0.875. The molecule has 0 aromatic rings. The van der Waals surface area contributed by atoms with Crippen LogP contribution in [0.2, 0.25) is 0 Å². The van der Waals surface area contributed by atoms with E-state index in [2.05, 4.69) is 5.32 Å². The number of nitrogens with two attached hydrogens (primary N) is 1. The molecule has 0 aromatic heterocycles. The zero-order valence-corrected chi connectivity index (χ0v) is 8.14. The summed E-state index contributed by atoms with van der Waals surface area (Å²) in [6, 6.07) is 0. The number of carbonyl (C=O) groups excluding carboxylic acids is 1. The fourth-order valence-corrected chi connectivity index (χ4v) is 0.508. The van der Waals surface area contributed by atoms with Crippen molar-refractivity contribution >= 4 is 5.91 Å². The molecule has 0 aromatic carbocycles. The SMILES string of the molecule is CC(C)(CO)NC(=O)C(C)(C)N.